The zero-order valence-corrected chi connectivity index (χ0v) is 11.0. The minimum atomic E-state index is 0.780. The molecule has 1 aromatic heterocycles. The summed E-state index contributed by atoms with van der Waals surface area (Å²) in [7, 11) is 0. The molecule has 0 radical (unpaired) electrons. The van der Waals surface area contributed by atoms with E-state index < -0.39 is 0 Å². The van der Waals surface area contributed by atoms with E-state index >= 15 is 0 Å². The predicted molar refractivity (Wildman–Crippen MR) is 75.4 cm³/mol. The van der Waals surface area contributed by atoms with Gasteiger partial charge in [0, 0.05) is 18.5 Å². The van der Waals surface area contributed by atoms with E-state index in [1.54, 1.807) is 12.4 Å². The summed E-state index contributed by atoms with van der Waals surface area (Å²) in [6.45, 7) is 3.82. The largest absolute Gasteiger partial charge is 0.493 e. The fraction of sp³-hybridized carbons (Fsp3) is 0.333. The number of hydrogen-bond acceptors (Lipinski definition) is 4. The second-order valence-corrected chi connectivity index (χ2v) is 4.64. The number of rotatable bonds is 4. The van der Waals surface area contributed by atoms with E-state index in [-0.39, 0.29) is 0 Å². The van der Waals surface area contributed by atoms with Gasteiger partial charge in [0.15, 0.2) is 0 Å². The van der Waals surface area contributed by atoms with Crippen molar-refractivity contribution in [2.24, 2.45) is 0 Å². The lowest BCUT2D eigenvalue weighted by Gasteiger charge is -2.07. The first-order valence-corrected chi connectivity index (χ1v) is 6.69. The molecule has 0 bridgehead atoms. The summed E-state index contributed by atoms with van der Waals surface area (Å²) in [5, 5.41) is 3.26. The maximum atomic E-state index is 5.52. The topological polar surface area (TPSA) is 47.0 Å². The molecular formula is C15H17N3O. The SMILES string of the molecule is CCCNc1cncc(-c2ccc3c(c2)CCO3)n1. The average Bonchev–Trinajstić information content (AvgIpc) is 2.92. The molecule has 0 saturated carbocycles. The van der Waals surface area contributed by atoms with Crippen LogP contribution in [0.1, 0.15) is 18.9 Å². The highest BCUT2D eigenvalue weighted by atomic mass is 16.5. The van der Waals surface area contributed by atoms with Crippen molar-refractivity contribution in [2.75, 3.05) is 18.5 Å². The summed E-state index contributed by atoms with van der Waals surface area (Å²) in [5.41, 5.74) is 3.25. The first-order chi connectivity index (χ1) is 9.36. The Labute approximate surface area is 112 Å². The van der Waals surface area contributed by atoms with Crippen LogP contribution in [0.4, 0.5) is 5.82 Å². The van der Waals surface area contributed by atoms with Crippen molar-refractivity contribution < 1.29 is 4.74 Å². The van der Waals surface area contributed by atoms with Crippen molar-refractivity contribution in [3.63, 3.8) is 0 Å². The smallest absolute Gasteiger partial charge is 0.145 e. The molecule has 1 aliphatic rings. The maximum absolute atomic E-state index is 5.52. The van der Waals surface area contributed by atoms with Gasteiger partial charge in [-0.3, -0.25) is 4.98 Å². The van der Waals surface area contributed by atoms with Gasteiger partial charge in [0.1, 0.15) is 11.6 Å². The van der Waals surface area contributed by atoms with Gasteiger partial charge in [0.2, 0.25) is 0 Å². The lowest BCUT2D eigenvalue weighted by molar-refractivity contribution is 0.357. The molecule has 19 heavy (non-hydrogen) atoms. The fourth-order valence-corrected chi connectivity index (χ4v) is 2.19. The molecule has 0 fully saturated rings. The van der Waals surface area contributed by atoms with Crippen LogP contribution < -0.4 is 10.1 Å². The Balaban J connectivity index is 1.89. The number of nitrogens with one attached hydrogen (secondary N) is 1. The molecule has 2 heterocycles. The Bertz CT molecular complexity index is 583. The number of anilines is 1. The molecule has 0 saturated heterocycles. The van der Waals surface area contributed by atoms with Gasteiger partial charge in [0.05, 0.1) is 24.7 Å². The minimum absolute atomic E-state index is 0.780. The molecule has 0 unspecified atom stereocenters. The molecule has 0 spiro atoms. The third-order valence-electron chi connectivity index (χ3n) is 3.18. The maximum Gasteiger partial charge on any atom is 0.145 e. The van der Waals surface area contributed by atoms with Gasteiger partial charge < -0.3 is 10.1 Å². The fourth-order valence-electron chi connectivity index (χ4n) is 2.19. The molecule has 3 rings (SSSR count). The first-order valence-electron chi connectivity index (χ1n) is 6.69. The predicted octanol–water partition coefficient (Wildman–Crippen LogP) is 2.90. The van der Waals surface area contributed by atoms with Crippen molar-refractivity contribution in [1.82, 2.24) is 9.97 Å². The van der Waals surface area contributed by atoms with E-state index in [4.69, 9.17) is 4.74 Å². The number of aromatic nitrogens is 2. The second-order valence-electron chi connectivity index (χ2n) is 4.64. The quantitative estimate of drug-likeness (QED) is 0.912. The monoisotopic (exact) mass is 255 g/mol. The van der Waals surface area contributed by atoms with Gasteiger partial charge in [0.25, 0.3) is 0 Å². The van der Waals surface area contributed by atoms with E-state index in [1.807, 2.05) is 12.1 Å². The highest BCUT2D eigenvalue weighted by Crippen LogP contribution is 2.29. The first kappa shape index (κ1) is 12.0. The van der Waals surface area contributed by atoms with E-state index in [0.29, 0.717) is 0 Å². The highest BCUT2D eigenvalue weighted by molar-refractivity contribution is 5.63. The number of hydrogen-bond donors (Lipinski definition) is 1. The molecule has 4 heteroatoms. The summed E-state index contributed by atoms with van der Waals surface area (Å²) < 4.78 is 5.52. The third-order valence-corrected chi connectivity index (χ3v) is 3.18. The Hall–Kier alpha value is -2.10. The Morgan fingerprint density at radius 3 is 3.16 bits per heavy atom. The van der Waals surface area contributed by atoms with Gasteiger partial charge in [-0.05, 0) is 30.2 Å². The molecule has 4 nitrogen and oxygen atoms in total. The molecule has 0 atom stereocenters. The van der Waals surface area contributed by atoms with Crippen LogP contribution >= 0.6 is 0 Å². The highest BCUT2D eigenvalue weighted by Gasteiger charge is 2.13. The summed E-state index contributed by atoms with van der Waals surface area (Å²) >= 11 is 0. The normalized spacial score (nSPS) is 12.9. The van der Waals surface area contributed by atoms with Crippen LogP contribution in [0.25, 0.3) is 11.3 Å². The van der Waals surface area contributed by atoms with E-state index in [0.717, 1.165) is 48.8 Å². The van der Waals surface area contributed by atoms with Gasteiger partial charge in [-0.15, -0.1) is 0 Å². The van der Waals surface area contributed by atoms with Gasteiger partial charge in [-0.1, -0.05) is 6.92 Å². The van der Waals surface area contributed by atoms with Crippen molar-refractivity contribution >= 4 is 5.82 Å². The number of nitrogens with zero attached hydrogens (tertiary/aromatic N) is 2. The molecular weight excluding hydrogens is 238 g/mol. The standard InChI is InChI=1S/C15H17N3O/c1-2-6-17-15-10-16-9-13(18-15)11-3-4-14-12(8-11)5-7-19-14/h3-4,8-10H,2,5-7H2,1H3,(H,17,18). The average molecular weight is 255 g/mol. The van der Waals surface area contributed by atoms with Gasteiger partial charge in [-0.2, -0.15) is 0 Å². The van der Waals surface area contributed by atoms with E-state index in [1.165, 1.54) is 5.56 Å². The lowest BCUT2D eigenvalue weighted by atomic mass is 10.1. The Kier molecular flexibility index (Phi) is 3.31. The second kappa shape index (κ2) is 5.26. The van der Waals surface area contributed by atoms with Crippen molar-refractivity contribution in [3.8, 4) is 17.0 Å². The number of ether oxygens (including phenoxy) is 1. The molecule has 2 aromatic rings. The van der Waals surface area contributed by atoms with Crippen LogP contribution in [0.3, 0.4) is 0 Å². The molecule has 1 aliphatic heterocycles. The molecule has 98 valence electrons. The van der Waals surface area contributed by atoms with Crippen LogP contribution in [0.15, 0.2) is 30.6 Å². The van der Waals surface area contributed by atoms with Crippen LogP contribution in [0, 0.1) is 0 Å². The number of benzene rings is 1. The summed E-state index contributed by atoms with van der Waals surface area (Å²) in [5.74, 6) is 1.83. The van der Waals surface area contributed by atoms with Crippen molar-refractivity contribution in [1.29, 1.82) is 0 Å². The molecule has 0 aliphatic carbocycles. The zero-order valence-electron chi connectivity index (χ0n) is 11.0. The Morgan fingerprint density at radius 2 is 2.26 bits per heavy atom. The minimum Gasteiger partial charge on any atom is -0.493 e. The number of fused-ring (bicyclic) bond motifs is 1. The Morgan fingerprint density at radius 1 is 1.32 bits per heavy atom. The van der Waals surface area contributed by atoms with Crippen LogP contribution in [-0.4, -0.2) is 23.1 Å². The van der Waals surface area contributed by atoms with Crippen LogP contribution in [0.2, 0.25) is 0 Å². The van der Waals surface area contributed by atoms with E-state index in [2.05, 4.69) is 28.3 Å². The lowest BCUT2D eigenvalue weighted by Crippen LogP contribution is -2.02. The van der Waals surface area contributed by atoms with Crippen molar-refractivity contribution in [2.45, 2.75) is 19.8 Å². The van der Waals surface area contributed by atoms with Gasteiger partial charge in [-0.25, -0.2) is 4.98 Å². The summed E-state index contributed by atoms with van der Waals surface area (Å²) in [6.07, 6.45) is 5.61. The van der Waals surface area contributed by atoms with E-state index in [9.17, 15) is 0 Å². The molecule has 0 amide bonds. The van der Waals surface area contributed by atoms with Gasteiger partial charge >= 0.3 is 0 Å². The summed E-state index contributed by atoms with van der Waals surface area (Å²) in [6, 6.07) is 6.21. The van der Waals surface area contributed by atoms with Crippen molar-refractivity contribution in [3.05, 3.63) is 36.2 Å². The van der Waals surface area contributed by atoms with Crippen LogP contribution in [0.5, 0.6) is 5.75 Å². The van der Waals surface area contributed by atoms with Crippen LogP contribution in [-0.2, 0) is 6.42 Å². The summed E-state index contributed by atoms with van der Waals surface area (Å²) in [4.78, 5) is 8.84. The zero-order chi connectivity index (χ0) is 13.1. The third kappa shape index (κ3) is 2.52. The molecule has 1 aromatic carbocycles. The molecule has 1 N–H and O–H groups in total.